The summed E-state index contributed by atoms with van der Waals surface area (Å²) in [6.45, 7) is 0. The van der Waals surface area contributed by atoms with Crippen LogP contribution in [0, 0.1) is 0 Å². The van der Waals surface area contributed by atoms with Crippen LogP contribution in [-0.2, 0) is 4.75 Å². The van der Waals surface area contributed by atoms with Crippen LogP contribution >= 0.6 is 27.7 Å². The van der Waals surface area contributed by atoms with Crippen LogP contribution < -0.4 is 0 Å². The molecule has 0 bridgehead atoms. The third-order valence-electron chi connectivity index (χ3n) is 6.21. The van der Waals surface area contributed by atoms with E-state index in [1.54, 1.807) is 6.07 Å². The molecule has 0 amide bonds. The maximum Gasteiger partial charge on any atom is 0.120 e. The molecular formula is C32H25BrOS. The van der Waals surface area contributed by atoms with E-state index in [1.165, 1.54) is 16.7 Å². The van der Waals surface area contributed by atoms with E-state index in [4.69, 9.17) is 0 Å². The number of phenolic OH excluding ortho intramolecular Hbond substituents is 1. The van der Waals surface area contributed by atoms with Crippen LogP contribution in [0.5, 0.6) is 5.75 Å². The van der Waals surface area contributed by atoms with Crippen molar-refractivity contribution in [1.82, 2.24) is 0 Å². The Balaban J connectivity index is 1.81. The van der Waals surface area contributed by atoms with E-state index < -0.39 is 4.75 Å². The first-order chi connectivity index (χ1) is 17.2. The molecule has 0 spiro atoms. The quantitative estimate of drug-likeness (QED) is 0.209. The highest BCUT2D eigenvalue weighted by Gasteiger charge is 2.40. The number of thioether (sulfide) groups is 1. The second-order valence-corrected chi connectivity index (χ2v) is 10.6. The van der Waals surface area contributed by atoms with Gasteiger partial charge in [0.2, 0.25) is 0 Å². The Morgan fingerprint density at radius 2 is 1.00 bits per heavy atom. The molecule has 0 aliphatic rings. The summed E-state index contributed by atoms with van der Waals surface area (Å²) in [5.74, 6) is 0.289. The summed E-state index contributed by atoms with van der Waals surface area (Å²) in [5.41, 5.74) is 5.59. The summed E-state index contributed by atoms with van der Waals surface area (Å²) in [4.78, 5) is 0. The van der Waals surface area contributed by atoms with Gasteiger partial charge in [-0.1, -0.05) is 137 Å². The summed E-state index contributed by atoms with van der Waals surface area (Å²) >= 11 is 5.48. The Bertz CT molecular complexity index is 1280. The number of aromatic hydroxyl groups is 1. The van der Waals surface area contributed by atoms with Gasteiger partial charge in [-0.15, -0.1) is 11.8 Å². The molecule has 0 heterocycles. The molecule has 1 N–H and O–H groups in total. The molecule has 0 saturated carbocycles. The molecular weight excluding hydrogens is 512 g/mol. The minimum Gasteiger partial charge on any atom is -0.508 e. The van der Waals surface area contributed by atoms with Crippen molar-refractivity contribution in [3.05, 3.63) is 172 Å². The molecule has 0 radical (unpaired) electrons. The topological polar surface area (TPSA) is 20.2 Å². The third kappa shape index (κ3) is 4.80. The fourth-order valence-corrected chi connectivity index (χ4v) is 6.73. The highest BCUT2D eigenvalue weighted by molar-refractivity contribution is 9.10. The maximum atomic E-state index is 11.0. The van der Waals surface area contributed by atoms with Crippen LogP contribution in [-0.4, -0.2) is 5.11 Å². The Hall–Kier alpha value is -3.27. The monoisotopic (exact) mass is 536 g/mol. The zero-order valence-corrected chi connectivity index (χ0v) is 21.5. The van der Waals surface area contributed by atoms with Gasteiger partial charge in [-0.2, -0.15) is 0 Å². The summed E-state index contributed by atoms with van der Waals surface area (Å²) in [6.07, 6.45) is 0. The second kappa shape index (κ2) is 10.6. The number of rotatable bonds is 7. The van der Waals surface area contributed by atoms with Crippen LogP contribution in [0.4, 0.5) is 0 Å². The van der Waals surface area contributed by atoms with Crippen molar-refractivity contribution in [2.24, 2.45) is 0 Å². The van der Waals surface area contributed by atoms with Gasteiger partial charge in [-0.3, -0.25) is 0 Å². The number of phenols is 1. The largest absolute Gasteiger partial charge is 0.508 e. The van der Waals surface area contributed by atoms with Gasteiger partial charge in [0.1, 0.15) is 5.75 Å². The molecule has 5 rings (SSSR count). The minimum atomic E-state index is -0.515. The van der Waals surface area contributed by atoms with Gasteiger partial charge in [0, 0.05) is 10.0 Å². The molecule has 35 heavy (non-hydrogen) atoms. The fourth-order valence-electron chi connectivity index (χ4n) is 4.57. The standard InChI is InChI=1S/C32H25BrOS/c33-28-21-22-30(34)29(23-28)31(24-13-5-1-6-14-24)35-32(25-15-7-2-8-16-25,26-17-9-3-10-18-26)27-19-11-4-12-20-27/h1-23,31,34H/t31-/m1/s1. The Morgan fingerprint density at radius 1 is 0.571 bits per heavy atom. The number of benzene rings is 5. The van der Waals surface area contributed by atoms with Crippen LogP contribution in [0.2, 0.25) is 0 Å². The fraction of sp³-hybridized carbons (Fsp3) is 0.0625. The van der Waals surface area contributed by atoms with Gasteiger partial charge >= 0.3 is 0 Å². The summed E-state index contributed by atoms with van der Waals surface area (Å²) < 4.78 is 0.426. The lowest BCUT2D eigenvalue weighted by molar-refractivity contribution is 0.469. The van der Waals surface area contributed by atoms with Crippen molar-refractivity contribution < 1.29 is 5.11 Å². The molecule has 172 valence electrons. The highest BCUT2D eigenvalue weighted by atomic mass is 79.9. The lowest BCUT2D eigenvalue weighted by atomic mass is 9.84. The Labute approximate surface area is 219 Å². The summed E-state index contributed by atoms with van der Waals surface area (Å²) in [5, 5.41) is 10.9. The molecule has 0 fully saturated rings. The van der Waals surface area contributed by atoms with E-state index in [1.807, 2.05) is 30.0 Å². The van der Waals surface area contributed by atoms with Crippen LogP contribution in [0.1, 0.15) is 33.1 Å². The van der Waals surface area contributed by atoms with Gasteiger partial charge in [0.15, 0.2) is 0 Å². The van der Waals surface area contributed by atoms with Crippen molar-refractivity contribution >= 4 is 27.7 Å². The molecule has 0 saturated heterocycles. The van der Waals surface area contributed by atoms with Gasteiger partial charge in [-0.05, 0) is 40.5 Å². The molecule has 0 unspecified atom stereocenters. The minimum absolute atomic E-state index is 0.130. The van der Waals surface area contributed by atoms with Crippen LogP contribution in [0.15, 0.2) is 144 Å². The molecule has 3 heteroatoms. The smallest absolute Gasteiger partial charge is 0.120 e. The normalized spacial score (nSPS) is 12.3. The van der Waals surface area contributed by atoms with Crippen LogP contribution in [0.25, 0.3) is 0 Å². The molecule has 0 aliphatic carbocycles. The van der Waals surface area contributed by atoms with Crippen molar-refractivity contribution in [3.8, 4) is 5.75 Å². The first kappa shape index (κ1) is 23.5. The predicted molar refractivity (Wildman–Crippen MR) is 151 cm³/mol. The number of hydrogen-bond donors (Lipinski definition) is 1. The van der Waals surface area contributed by atoms with Crippen molar-refractivity contribution in [3.63, 3.8) is 0 Å². The lowest BCUT2D eigenvalue weighted by Gasteiger charge is -2.38. The first-order valence-electron chi connectivity index (χ1n) is 11.6. The lowest BCUT2D eigenvalue weighted by Crippen LogP contribution is -2.27. The van der Waals surface area contributed by atoms with Crippen molar-refractivity contribution in [2.45, 2.75) is 10.00 Å². The second-order valence-electron chi connectivity index (χ2n) is 8.39. The first-order valence-corrected chi connectivity index (χ1v) is 13.2. The molecule has 5 aromatic rings. The summed E-state index contributed by atoms with van der Waals surface area (Å²) in [7, 11) is 0. The number of halogens is 1. The van der Waals surface area contributed by atoms with Gasteiger partial charge in [0.25, 0.3) is 0 Å². The molecule has 0 aliphatic heterocycles. The average Bonchev–Trinajstić information content (AvgIpc) is 2.93. The molecule has 1 nitrogen and oxygen atoms in total. The van der Waals surface area contributed by atoms with Crippen molar-refractivity contribution in [1.29, 1.82) is 0 Å². The van der Waals surface area contributed by atoms with E-state index in [-0.39, 0.29) is 11.0 Å². The van der Waals surface area contributed by atoms with Gasteiger partial charge in [-0.25, -0.2) is 0 Å². The highest BCUT2D eigenvalue weighted by Crippen LogP contribution is 2.56. The van der Waals surface area contributed by atoms with E-state index in [2.05, 4.69) is 131 Å². The molecule has 1 atom stereocenters. The van der Waals surface area contributed by atoms with E-state index in [9.17, 15) is 5.11 Å². The molecule has 5 aromatic carbocycles. The van der Waals surface area contributed by atoms with Gasteiger partial charge < -0.3 is 5.11 Å². The predicted octanol–water partition coefficient (Wildman–Crippen LogP) is 8.97. The summed E-state index contributed by atoms with van der Waals surface area (Å²) in [6, 6.07) is 48.1. The third-order valence-corrected chi connectivity index (χ3v) is 8.53. The Morgan fingerprint density at radius 3 is 1.46 bits per heavy atom. The zero-order valence-electron chi connectivity index (χ0n) is 19.1. The van der Waals surface area contributed by atoms with Gasteiger partial charge in [0.05, 0.1) is 10.00 Å². The Kier molecular flexibility index (Phi) is 7.08. The number of hydrogen-bond acceptors (Lipinski definition) is 2. The maximum absolute atomic E-state index is 11.0. The average molecular weight is 538 g/mol. The van der Waals surface area contributed by atoms with E-state index in [0.717, 1.165) is 15.6 Å². The zero-order chi connectivity index (χ0) is 24.1. The van der Waals surface area contributed by atoms with Crippen LogP contribution in [0.3, 0.4) is 0 Å². The van der Waals surface area contributed by atoms with Crippen molar-refractivity contribution in [2.75, 3.05) is 0 Å². The van der Waals surface area contributed by atoms with E-state index >= 15 is 0 Å². The van der Waals surface area contributed by atoms with E-state index in [0.29, 0.717) is 0 Å². The SMILES string of the molecule is Oc1ccc(Br)cc1[C@H](SC(c1ccccc1)(c1ccccc1)c1ccccc1)c1ccccc1. The molecule has 0 aromatic heterocycles.